The highest BCUT2D eigenvalue weighted by molar-refractivity contribution is 5.79. The Kier molecular flexibility index (Phi) is 7.31. The molecule has 0 radical (unpaired) electrons. The van der Waals surface area contributed by atoms with Crippen LogP contribution in [0.25, 0.3) is 11.1 Å². The predicted octanol–water partition coefficient (Wildman–Crippen LogP) is 6.03. The van der Waals surface area contributed by atoms with Crippen LogP contribution in [0.5, 0.6) is 0 Å². The van der Waals surface area contributed by atoms with Crippen molar-refractivity contribution in [2.75, 3.05) is 19.7 Å². The second-order valence-electron chi connectivity index (χ2n) is 12.0. The van der Waals surface area contributed by atoms with Gasteiger partial charge in [-0.2, -0.15) is 0 Å². The number of fused-ring (bicyclic) bond motifs is 5. The Balaban J connectivity index is 1.33. The van der Waals surface area contributed by atoms with Crippen molar-refractivity contribution in [3.05, 3.63) is 59.7 Å². The summed E-state index contributed by atoms with van der Waals surface area (Å²) in [4.78, 5) is 41.5. The molecule has 1 aliphatic carbocycles. The largest absolute Gasteiger partial charge is 0.481 e. The molecule has 2 saturated heterocycles. The van der Waals surface area contributed by atoms with Crippen LogP contribution in [0.15, 0.2) is 48.5 Å². The van der Waals surface area contributed by atoms with Gasteiger partial charge in [0.05, 0.1) is 5.54 Å². The van der Waals surface area contributed by atoms with Gasteiger partial charge in [-0.15, -0.1) is 0 Å². The Morgan fingerprint density at radius 1 is 1.00 bits per heavy atom. The van der Waals surface area contributed by atoms with E-state index in [0.29, 0.717) is 13.0 Å². The molecule has 2 fully saturated rings. The summed E-state index contributed by atoms with van der Waals surface area (Å²) in [6.07, 6.45) is 2.74. The van der Waals surface area contributed by atoms with E-state index < -0.39 is 23.2 Å². The van der Waals surface area contributed by atoms with Gasteiger partial charge in [0.2, 0.25) is 0 Å². The second kappa shape index (κ2) is 10.5. The lowest BCUT2D eigenvalue weighted by Crippen LogP contribution is -2.54. The monoisotopic (exact) mass is 534 g/mol. The van der Waals surface area contributed by atoms with E-state index in [2.05, 4.69) is 24.3 Å². The van der Waals surface area contributed by atoms with Crippen molar-refractivity contribution in [2.45, 2.75) is 82.4 Å². The number of carboxylic acid groups (broad SMARTS) is 1. The Morgan fingerprint density at radius 2 is 1.59 bits per heavy atom. The summed E-state index contributed by atoms with van der Waals surface area (Å²) < 4.78 is 11.7. The van der Waals surface area contributed by atoms with E-state index in [-0.39, 0.29) is 37.6 Å². The molecule has 39 heavy (non-hydrogen) atoms. The van der Waals surface area contributed by atoms with Crippen molar-refractivity contribution in [3.63, 3.8) is 0 Å². The van der Waals surface area contributed by atoms with Gasteiger partial charge in [-0.1, -0.05) is 48.5 Å². The van der Waals surface area contributed by atoms with E-state index in [1.54, 1.807) is 4.90 Å². The van der Waals surface area contributed by atoms with Gasteiger partial charge in [0, 0.05) is 31.5 Å². The number of hydrogen-bond acceptors (Lipinski definition) is 5. The molecule has 2 heterocycles. The summed E-state index contributed by atoms with van der Waals surface area (Å²) in [5, 5.41) is 9.20. The number of carbonyl (C=O) groups excluding carboxylic acids is 2. The van der Waals surface area contributed by atoms with Crippen molar-refractivity contribution in [2.24, 2.45) is 0 Å². The van der Waals surface area contributed by atoms with Crippen LogP contribution in [-0.2, 0) is 14.3 Å². The minimum absolute atomic E-state index is 0.0431. The first-order valence-corrected chi connectivity index (χ1v) is 13.9. The summed E-state index contributed by atoms with van der Waals surface area (Å²) >= 11 is 0. The van der Waals surface area contributed by atoms with Crippen molar-refractivity contribution in [1.82, 2.24) is 9.80 Å². The molecule has 0 saturated carbocycles. The molecule has 8 heteroatoms. The summed E-state index contributed by atoms with van der Waals surface area (Å²) in [6.45, 7) is 6.30. The maximum Gasteiger partial charge on any atom is 0.411 e. The van der Waals surface area contributed by atoms with Crippen LogP contribution in [0.2, 0.25) is 0 Å². The van der Waals surface area contributed by atoms with Gasteiger partial charge < -0.3 is 19.5 Å². The van der Waals surface area contributed by atoms with Crippen molar-refractivity contribution >= 4 is 18.2 Å². The molecule has 5 rings (SSSR count). The molecule has 2 bridgehead atoms. The number of ether oxygens (including phenoxy) is 2. The summed E-state index contributed by atoms with van der Waals surface area (Å²) in [5.41, 5.74) is 3.43. The Morgan fingerprint density at radius 3 is 2.15 bits per heavy atom. The Bertz CT molecular complexity index is 1200. The smallest absolute Gasteiger partial charge is 0.411 e. The van der Waals surface area contributed by atoms with E-state index in [1.807, 2.05) is 49.9 Å². The number of carbonyl (C=O) groups is 3. The van der Waals surface area contributed by atoms with Gasteiger partial charge in [0.25, 0.3) is 0 Å². The molecule has 2 amide bonds. The molecule has 2 aromatic rings. The van der Waals surface area contributed by atoms with E-state index in [1.165, 1.54) is 0 Å². The van der Waals surface area contributed by atoms with E-state index in [9.17, 15) is 19.5 Å². The molecular weight excluding hydrogens is 496 g/mol. The molecule has 8 nitrogen and oxygen atoms in total. The van der Waals surface area contributed by atoms with Gasteiger partial charge in [0.1, 0.15) is 12.2 Å². The fourth-order valence-electron chi connectivity index (χ4n) is 6.61. The van der Waals surface area contributed by atoms with Crippen LogP contribution >= 0.6 is 0 Å². The summed E-state index contributed by atoms with van der Waals surface area (Å²) in [6, 6.07) is 16.5. The van der Waals surface area contributed by atoms with Crippen LogP contribution in [-0.4, -0.2) is 69.9 Å². The zero-order valence-corrected chi connectivity index (χ0v) is 23.0. The number of amides is 2. The molecule has 2 aliphatic heterocycles. The van der Waals surface area contributed by atoms with Crippen LogP contribution < -0.4 is 0 Å². The highest BCUT2D eigenvalue weighted by atomic mass is 16.6. The number of nitrogens with zero attached hydrogens (tertiary/aromatic N) is 2. The molecule has 0 atom stereocenters. The van der Waals surface area contributed by atoms with Gasteiger partial charge in [-0.05, 0) is 75.1 Å². The highest BCUT2D eigenvalue weighted by Crippen LogP contribution is 2.48. The first kappa shape index (κ1) is 27.0. The van der Waals surface area contributed by atoms with Gasteiger partial charge >= 0.3 is 18.2 Å². The van der Waals surface area contributed by atoms with Crippen molar-refractivity contribution in [1.29, 1.82) is 0 Å². The average molecular weight is 535 g/mol. The second-order valence-corrected chi connectivity index (χ2v) is 12.0. The lowest BCUT2D eigenvalue weighted by atomic mass is 9.87. The molecule has 0 spiro atoms. The zero-order valence-electron chi connectivity index (χ0n) is 23.0. The third-order valence-electron chi connectivity index (χ3n) is 8.25. The number of carboxylic acids is 1. The topological polar surface area (TPSA) is 96.4 Å². The minimum atomic E-state index is -0.905. The maximum atomic E-state index is 13.6. The van der Waals surface area contributed by atoms with Crippen LogP contribution in [0, 0.1) is 0 Å². The zero-order chi connectivity index (χ0) is 27.8. The molecule has 208 valence electrons. The normalized spacial score (nSPS) is 21.4. The van der Waals surface area contributed by atoms with Gasteiger partial charge in [-0.25, -0.2) is 9.59 Å². The SMILES string of the molecule is CC(C)(C)OC(=O)N1C2CCC1(CN(CCCC(=O)O)C(=O)OCC1c3ccccc3-c3ccccc31)CC2. The third-order valence-corrected chi connectivity index (χ3v) is 8.25. The number of rotatable bonds is 8. The summed E-state index contributed by atoms with van der Waals surface area (Å²) in [5.74, 6) is -0.973. The number of aliphatic carboxylic acids is 1. The quantitative estimate of drug-likeness (QED) is 0.444. The molecular formula is C31H38N2O6. The van der Waals surface area contributed by atoms with Gasteiger partial charge in [-0.3, -0.25) is 9.69 Å². The third kappa shape index (κ3) is 5.47. The Labute approximate surface area is 229 Å². The highest BCUT2D eigenvalue weighted by Gasteiger charge is 2.56. The molecule has 1 N–H and O–H groups in total. The fraction of sp³-hybridized carbons (Fsp3) is 0.516. The first-order chi connectivity index (χ1) is 18.6. The summed E-state index contributed by atoms with van der Waals surface area (Å²) in [7, 11) is 0. The number of hydrogen-bond donors (Lipinski definition) is 1. The molecule has 0 aromatic heterocycles. The predicted molar refractivity (Wildman–Crippen MR) is 147 cm³/mol. The molecule has 2 aromatic carbocycles. The van der Waals surface area contributed by atoms with E-state index in [4.69, 9.17) is 9.47 Å². The van der Waals surface area contributed by atoms with Crippen LogP contribution in [0.4, 0.5) is 9.59 Å². The first-order valence-electron chi connectivity index (χ1n) is 13.9. The lowest BCUT2D eigenvalue weighted by molar-refractivity contribution is -0.137. The van der Waals surface area contributed by atoms with E-state index >= 15 is 0 Å². The van der Waals surface area contributed by atoms with E-state index in [0.717, 1.165) is 47.9 Å². The minimum Gasteiger partial charge on any atom is -0.481 e. The lowest BCUT2D eigenvalue weighted by Gasteiger charge is -2.39. The fourth-order valence-corrected chi connectivity index (χ4v) is 6.61. The maximum absolute atomic E-state index is 13.6. The molecule has 3 aliphatic rings. The van der Waals surface area contributed by atoms with Crippen molar-refractivity contribution in [3.8, 4) is 11.1 Å². The number of benzene rings is 2. The Hall–Kier alpha value is -3.55. The van der Waals surface area contributed by atoms with Gasteiger partial charge in [0.15, 0.2) is 0 Å². The van der Waals surface area contributed by atoms with Crippen LogP contribution in [0.3, 0.4) is 0 Å². The van der Waals surface area contributed by atoms with Crippen molar-refractivity contribution < 1.29 is 29.0 Å². The standard InChI is InChI=1S/C31H38N2O6/c1-30(2,3)39-29(37)33-21-14-16-31(33,17-15-21)20-32(18-8-13-27(34)35)28(36)38-19-26-24-11-6-4-9-22(24)23-10-5-7-12-25(23)26/h4-7,9-12,21,26H,8,13-20H2,1-3H3,(H,34,35). The average Bonchev–Trinajstić information content (AvgIpc) is 3.53. The molecule has 0 unspecified atom stereocenters. The van der Waals surface area contributed by atoms with Crippen LogP contribution in [0.1, 0.15) is 76.3 Å².